The number of carbonyl (C=O) groups is 1. The van der Waals surface area contributed by atoms with Crippen molar-refractivity contribution in [2.45, 2.75) is 19.9 Å². The third kappa shape index (κ3) is 2.83. The summed E-state index contributed by atoms with van der Waals surface area (Å²) < 4.78 is 10.9. The number of benzene rings is 1. The summed E-state index contributed by atoms with van der Waals surface area (Å²) in [7, 11) is 0. The summed E-state index contributed by atoms with van der Waals surface area (Å²) in [4.78, 5) is 17.1. The monoisotopic (exact) mass is 316 g/mol. The molecule has 0 saturated carbocycles. The molecule has 2 fully saturated rings. The highest BCUT2D eigenvalue weighted by Crippen LogP contribution is 2.32. The van der Waals surface area contributed by atoms with Gasteiger partial charge in [-0.25, -0.2) is 0 Å². The molecule has 5 nitrogen and oxygen atoms in total. The van der Waals surface area contributed by atoms with Crippen LogP contribution in [-0.2, 0) is 16.0 Å². The average Bonchev–Trinajstić information content (AvgIpc) is 3.17. The molecule has 0 aromatic heterocycles. The maximum absolute atomic E-state index is 12.8. The van der Waals surface area contributed by atoms with Gasteiger partial charge in [0.05, 0.1) is 19.8 Å². The highest BCUT2D eigenvalue weighted by molar-refractivity contribution is 5.99. The van der Waals surface area contributed by atoms with Crippen molar-refractivity contribution in [1.29, 1.82) is 0 Å². The Morgan fingerprint density at radius 1 is 1.17 bits per heavy atom. The number of rotatable bonds is 3. The molecule has 0 N–H and O–H groups in total. The molecular weight excluding hydrogens is 292 g/mol. The molecule has 1 aromatic rings. The van der Waals surface area contributed by atoms with Gasteiger partial charge in [0.2, 0.25) is 0 Å². The van der Waals surface area contributed by atoms with Gasteiger partial charge in [-0.05, 0) is 30.5 Å². The fraction of sp³-hybridized carbons (Fsp3) is 0.611. The molecule has 124 valence electrons. The van der Waals surface area contributed by atoms with Crippen LogP contribution in [0.1, 0.15) is 27.9 Å². The highest BCUT2D eigenvalue weighted by atomic mass is 16.5. The lowest BCUT2D eigenvalue weighted by atomic mass is 10.0. The summed E-state index contributed by atoms with van der Waals surface area (Å²) >= 11 is 0. The number of fused-ring (bicyclic) bond motifs is 1. The number of carbonyl (C=O) groups excluding carboxylic acids is 1. The van der Waals surface area contributed by atoms with Gasteiger partial charge in [0.1, 0.15) is 0 Å². The first-order chi connectivity index (χ1) is 11.2. The van der Waals surface area contributed by atoms with E-state index in [-0.39, 0.29) is 5.91 Å². The molecule has 3 heterocycles. The minimum absolute atomic E-state index is 0.182. The Kier molecular flexibility index (Phi) is 3.99. The molecular formula is C18H24N2O3. The summed E-state index contributed by atoms with van der Waals surface area (Å²) in [5.74, 6) is 0.675. The van der Waals surface area contributed by atoms with Gasteiger partial charge >= 0.3 is 0 Å². The zero-order chi connectivity index (χ0) is 15.8. The molecule has 5 heteroatoms. The van der Waals surface area contributed by atoms with Crippen LogP contribution in [0.15, 0.2) is 12.1 Å². The molecule has 2 saturated heterocycles. The molecule has 0 aliphatic carbocycles. The zero-order valence-electron chi connectivity index (χ0n) is 13.7. The molecule has 23 heavy (non-hydrogen) atoms. The first kappa shape index (κ1) is 15.0. The van der Waals surface area contributed by atoms with E-state index in [0.717, 1.165) is 64.6 Å². The highest BCUT2D eigenvalue weighted by Gasteiger charge is 2.31. The van der Waals surface area contributed by atoms with Crippen LogP contribution in [0.3, 0.4) is 0 Å². The van der Waals surface area contributed by atoms with E-state index in [1.165, 1.54) is 16.8 Å². The lowest BCUT2D eigenvalue weighted by Gasteiger charge is -2.30. The van der Waals surface area contributed by atoms with Crippen LogP contribution in [0, 0.1) is 12.8 Å². The van der Waals surface area contributed by atoms with Crippen LogP contribution in [-0.4, -0.2) is 56.9 Å². The maximum Gasteiger partial charge on any atom is 0.254 e. The number of anilines is 1. The van der Waals surface area contributed by atoms with Gasteiger partial charge in [0.15, 0.2) is 0 Å². The Hall–Kier alpha value is -1.59. The molecule has 0 bridgehead atoms. The Morgan fingerprint density at radius 2 is 2.00 bits per heavy atom. The molecule has 0 radical (unpaired) electrons. The van der Waals surface area contributed by atoms with E-state index >= 15 is 0 Å². The van der Waals surface area contributed by atoms with Gasteiger partial charge in [-0.3, -0.25) is 4.79 Å². The van der Waals surface area contributed by atoms with E-state index in [9.17, 15) is 4.79 Å². The third-order valence-corrected chi connectivity index (χ3v) is 5.15. The summed E-state index contributed by atoms with van der Waals surface area (Å²) in [5.41, 5.74) is 4.50. The fourth-order valence-electron chi connectivity index (χ4n) is 3.87. The quantitative estimate of drug-likeness (QED) is 0.853. The van der Waals surface area contributed by atoms with E-state index < -0.39 is 0 Å². The average molecular weight is 316 g/mol. The van der Waals surface area contributed by atoms with Crippen molar-refractivity contribution in [3.05, 3.63) is 28.8 Å². The van der Waals surface area contributed by atoms with Crippen molar-refractivity contribution in [3.8, 4) is 0 Å². The Balaban J connectivity index is 1.55. The number of hydrogen-bond acceptors (Lipinski definition) is 4. The van der Waals surface area contributed by atoms with Gasteiger partial charge in [-0.2, -0.15) is 0 Å². The standard InChI is InChI=1S/C18H24N2O3/c1-13-8-15-11-20(10-14-2-5-23-12-14)18(21)16(15)9-17(13)19-3-6-22-7-4-19/h8-9,14H,2-7,10-12H2,1H3/t14-/m0/s1. The minimum atomic E-state index is 0.182. The van der Waals surface area contributed by atoms with Crippen molar-refractivity contribution >= 4 is 11.6 Å². The Morgan fingerprint density at radius 3 is 2.74 bits per heavy atom. The predicted molar refractivity (Wildman–Crippen MR) is 87.9 cm³/mol. The van der Waals surface area contributed by atoms with Crippen molar-refractivity contribution in [1.82, 2.24) is 4.90 Å². The van der Waals surface area contributed by atoms with Crippen LogP contribution in [0.5, 0.6) is 0 Å². The lowest BCUT2D eigenvalue weighted by Crippen LogP contribution is -2.36. The smallest absolute Gasteiger partial charge is 0.254 e. The first-order valence-corrected chi connectivity index (χ1v) is 8.55. The SMILES string of the molecule is Cc1cc2c(cc1N1CCOCC1)C(=O)N(C[C@@H]1CCOC1)C2. The van der Waals surface area contributed by atoms with Crippen molar-refractivity contribution in [2.24, 2.45) is 5.92 Å². The Bertz CT molecular complexity index is 605. The van der Waals surface area contributed by atoms with E-state index in [4.69, 9.17) is 9.47 Å². The number of nitrogens with zero attached hydrogens (tertiary/aromatic N) is 2. The minimum Gasteiger partial charge on any atom is -0.381 e. The van der Waals surface area contributed by atoms with E-state index in [2.05, 4.69) is 24.0 Å². The van der Waals surface area contributed by atoms with Gasteiger partial charge in [0.25, 0.3) is 5.91 Å². The molecule has 1 aromatic carbocycles. The van der Waals surface area contributed by atoms with Crippen molar-refractivity contribution in [2.75, 3.05) is 51.0 Å². The molecule has 1 atom stereocenters. The molecule has 3 aliphatic heterocycles. The van der Waals surface area contributed by atoms with Gasteiger partial charge in [0, 0.05) is 50.0 Å². The fourth-order valence-corrected chi connectivity index (χ4v) is 3.87. The van der Waals surface area contributed by atoms with Crippen molar-refractivity contribution in [3.63, 3.8) is 0 Å². The van der Waals surface area contributed by atoms with Crippen LogP contribution in [0.4, 0.5) is 5.69 Å². The Labute approximate surface area is 137 Å². The second-order valence-corrected chi connectivity index (χ2v) is 6.81. The second-order valence-electron chi connectivity index (χ2n) is 6.81. The molecule has 0 unspecified atom stereocenters. The normalized spacial score (nSPS) is 24.4. The molecule has 1 amide bonds. The predicted octanol–water partition coefficient (Wildman–Crippen LogP) is 1.82. The van der Waals surface area contributed by atoms with Gasteiger partial charge in [-0.1, -0.05) is 6.07 Å². The molecule has 3 aliphatic rings. The maximum atomic E-state index is 12.8. The van der Waals surface area contributed by atoms with Gasteiger partial charge < -0.3 is 19.3 Å². The van der Waals surface area contributed by atoms with Crippen LogP contribution in [0.25, 0.3) is 0 Å². The molecule has 4 rings (SSSR count). The second kappa shape index (κ2) is 6.13. The number of ether oxygens (including phenoxy) is 2. The first-order valence-electron chi connectivity index (χ1n) is 8.55. The number of aryl methyl sites for hydroxylation is 1. The largest absolute Gasteiger partial charge is 0.381 e. The zero-order valence-corrected chi connectivity index (χ0v) is 13.7. The van der Waals surface area contributed by atoms with Crippen LogP contribution >= 0.6 is 0 Å². The third-order valence-electron chi connectivity index (χ3n) is 5.15. The van der Waals surface area contributed by atoms with E-state index in [1.54, 1.807) is 0 Å². The number of morpholine rings is 1. The van der Waals surface area contributed by atoms with Crippen LogP contribution in [0.2, 0.25) is 0 Å². The summed E-state index contributed by atoms with van der Waals surface area (Å²) in [6.45, 7) is 8.65. The summed E-state index contributed by atoms with van der Waals surface area (Å²) in [5, 5.41) is 0. The van der Waals surface area contributed by atoms with Gasteiger partial charge in [-0.15, -0.1) is 0 Å². The van der Waals surface area contributed by atoms with Crippen molar-refractivity contribution < 1.29 is 14.3 Å². The number of hydrogen-bond donors (Lipinski definition) is 0. The molecule has 0 spiro atoms. The summed E-state index contributed by atoms with van der Waals surface area (Å²) in [6.07, 6.45) is 1.07. The van der Waals surface area contributed by atoms with E-state index in [1.807, 2.05) is 4.90 Å². The lowest BCUT2D eigenvalue weighted by molar-refractivity contribution is 0.0744. The number of amides is 1. The van der Waals surface area contributed by atoms with Crippen LogP contribution < -0.4 is 4.90 Å². The topological polar surface area (TPSA) is 42.0 Å². The summed E-state index contributed by atoms with van der Waals surface area (Å²) in [6, 6.07) is 4.30. The van der Waals surface area contributed by atoms with E-state index in [0.29, 0.717) is 5.92 Å².